The molecule has 2 aromatic rings. The molecule has 6 heteroatoms. The summed E-state index contributed by atoms with van der Waals surface area (Å²) in [7, 11) is 0. The van der Waals surface area contributed by atoms with Crippen LogP contribution in [0, 0.1) is 0 Å². The predicted molar refractivity (Wildman–Crippen MR) is 100 cm³/mol. The number of thiophene rings is 1. The smallest absolute Gasteiger partial charge is 0.341 e. The van der Waals surface area contributed by atoms with Crippen LogP contribution in [-0.4, -0.2) is 24.2 Å². The van der Waals surface area contributed by atoms with Crippen molar-refractivity contribution in [3.05, 3.63) is 42.0 Å². The lowest BCUT2D eigenvalue weighted by Gasteiger charge is -2.09. The molecule has 2 rings (SSSR count). The number of esters is 1. The zero-order valence-corrected chi connectivity index (χ0v) is 14.9. The summed E-state index contributed by atoms with van der Waals surface area (Å²) < 4.78 is 5.14. The molecule has 0 unspecified atom stereocenters. The van der Waals surface area contributed by atoms with Crippen LogP contribution in [0.15, 0.2) is 36.4 Å². The molecule has 23 heavy (non-hydrogen) atoms. The number of carbonyl (C=O) groups is 1. The van der Waals surface area contributed by atoms with E-state index < -0.39 is 0 Å². The second kappa shape index (κ2) is 8.64. The van der Waals surface area contributed by atoms with Gasteiger partial charge in [0.2, 0.25) is 0 Å². The number of ether oxygens (including phenoxy) is 1. The monoisotopic (exact) mass is 348 g/mol. The molecule has 0 spiro atoms. The molecule has 0 aliphatic rings. The topological polar surface area (TPSA) is 50.4 Å². The van der Waals surface area contributed by atoms with Crippen molar-refractivity contribution >= 4 is 39.6 Å². The van der Waals surface area contributed by atoms with Gasteiger partial charge in [0.05, 0.1) is 12.2 Å². The number of thiocarbonyl (C=S) groups is 1. The average Bonchev–Trinajstić information content (AvgIpc) is 2.98. The summed E-state index contributed by atoms with van der Waals surface area (Å²) in [6.45, 7) is 4.99. The molecule has 0 saturated heterocycles. The molecule has 1 aromatic carbocycles. The van der Waals surface area contributed by atoms with Crippen LogP contribution >= 0.6 is 23.6 Å². The number of hydrogen-bond donors (Lipinski definition) is 2. The molecule has 0 radical (unpaired) electrons. The van der Waals surface area contributed by atoms with Gasteiger partial charge in [0, 0.05) is 11.4 Å². The lowest BCUT2D eigenvalue weighted by atomic mass is 10.1. The lowest BCUT2D eigenvalue weighted by molar-refractivity contribution is 0.0528. The van der Waals surface area contributed by atoms with Gasteiger partial charge in [-0.3, -0.25) is 0 Å². The van der Waals surface area contributed by atoms with Crippen LogP contribution in [0.4, 0.5) is 5.00 Å². The quantitative estimate of drug-likeness (QED) is 0.602. The third kappa shape index (κ3) is 4.77. The van der Waals surface area contributed by atoms with E-state index in [2.05, 4.69) is 17.6 Å². The maximum absolute atomic E-state index is 12.2. The third-order valence-electron chi connectivity index (χ3n) is 3.05. The lowest BCUT2D eigenvalue weighted by Crippen LogP contribution is -2.29. The first-order chi connectivity index (χ1) is 11.2. The summed E-state index contributed by atoms with van der Waals surface area (Å²) >= 11 is 6.76. The highest BCUT2D eigenvalue weighted by Gasteiger charge is 2.18. The van der Waals surface area contributed by atoms with E-state index in [1.165, 1.54) is 11.3 Å². The first-order valence-corrected chi connectivity index (χ1v) is 8.79. The molecule has 0 fully saturated rings. The van der Waals surface area contributed by atoms with Gasteiger partial charge in [-0.25, -0.2) is 4.79 Å². The minimum absolute atomic E-state index is 0.341. The third-order valence-corrected chi connectivity index (χ3v) is 4.39. The molecule has 2 N–H and O–H groups in total. The first-order valence-electron chi connectivity index (χ1n) is 7.57. The Labute approximate surface area is 145 Å². The van der Waals surface area contributed by atoms with Gasteiger partial charge >= 0.3 is 5.97 Å². The highest BCUT2D eigenvalue weighted by molar-refractivity contribution is 7.80. The molecule has 1 heterocycles. The van der Waals surface area contributed by atoms with E-state index in [-0.39, 0.29) is 5.97 Å². The average molecular weight is 348 g/mol. The van der Waals surface area contributed by atoms with Crippen molar-refractivity contribution in [2.75, 3.05) is 18.5 Å². The van der Waals surface area contributed by atoms with Crippen molar-refractivity contribution in [2.45, 2.75) is 20.3 Å². The van der Waals surface area contributed by atoms with Crippen molar-refractivity contribution in [3.63, 3.8) is 0 Å². The van der Waals surface area contributed by atoms with E-state index in [1.54, 1.807) is 6.92 Å². The molecule has 4 nitrogen and oxygen atoms in total. The Morgan fingerprint density at radius 2 is 2.00 bits per heavy atom. The Morgan fingerprint density at radius 3 is 2.65 bits per heavy atom. The van der Waals surface area contributed by atoms with Gasteiger partial charge in [0.15, 0.2) is 5.11 Å². The van der Waals surface area contributed by atoms with Gasteiger partial charge in [-0.15, -0.1) is 11.3 Å². The van der Waals surface area contributed by atoms with Crippen molar-refractivity contribution < 1.29 is 9.53 Å². The Hall–Kier alpha value is -1.92. The summed E-state index contributed by atoms with van der Waals surface area (Å²) in [5.74, 6) is -0.341. The van der Waals surface area contributed by atoms with Gasteiger partial charge in [-0.05, 0) is 37.2 Å². The van der Waals surface area contributed by atoms with Gasteiger partial charge in [0.25, 0.3) is 0 Å². The van der Waals surface area contributed by atoms with Gasteiger partial charge < -0.3 is 15.4 Å². The molecule has 0 amide bonds. The second-order valence-corrected chi connectivity index (χ2v) is 6.28. The van der Waals surface area contributed by atoms with Gasteiger partial charge in [-0.1, -0.05) is 37.3 Å². The van der Waals surface area contributed by atoms with E-state index in [0.717, 1.165) is 23.4 Å². The number of carbonyl (C=O) groups excluding carboxylic acids is 1. The van der Waals surface area contributed by atoms with Crippen LogP contribution in [0.1, 0.15) is 30.6 Å². The van der Waals surface area contributed by atoms with Crippen LogP contribution in [-0.2, 0) is 4.74 Å². The molecule has 0 saturated carbocycles. The Balaban J connectivity index is 2.29. The summed E-state index contributed by atoms with van der Waals surface area (Å²) in [6, 6.07) is 11.8. The first kappa shape index (κ1) is 17.4. The minimum atomic E-state index is -0.341. The zero-order valence-electron chi connectivity index (χ0n) is 13.2. The molecule has 0 aliphatic carbocycles. The largest absolute Gasteiger partial charge is 0.462 e. The molecule has 0 aliphatic heterocycles. The van der Waals surface area contributed by atoms with Crippen molar-refractivity contribution in [2.24, 2.45) is 0 Å². The molecule has 122 valence electrons. The van der Waals surface area contributed by atoms with Crippen molar-refractivity contribution in [1.82, 2.24) is 5.32 Å². The highest BCUT2D eigenvalue weighted by Crippen LogP contribution is 2.35. The van der Waals surface area contributed by atoms with E-state index in [1.807, 2.05) is 36.4 Å². The van der Waals surface area contributed by atoms with E-state index in [0.29, 0.717) is 22.3 Å². The van der Waals surface area contributed by atoms with Gasteiger partial charge in [-0.2, -0.15) is 0 Å². The fourth-order valence-corrected chi connectivity index (χ4v) is 3.30. The fraction of sp³-hybridized carbons (Fsp3) is 0.294. The molecular formula is C17H20N2O2S2. The van der Waals surface area contributed by atoms with E-state index in [4.69, 9.17) is 17.0 Å². The van der Waals surface area contributed by atoms with E-state index >= 15 is 0 Å². The van der Waals surface area contributed by atoms with Crippen molar-refractivity contribution in [1.29, 1.82) is 0 Å². The summed E-state index contributed by atoms with van der Waals surface area (Å²) in [4.78, 5) is 13.2. The Morgan fingerprint density at radius 1 is 1.26 bits per heavy atom. The maximum atomic E-state index is 12.2. The highest BCUT2D eigenvalue weighted by atomic mass is 32.1. The Bertz CT molecular complexity index is 668. The number of hydrogen-bond acceptors (Lipinski definition) is 4. The zero-order chi connectivity index (χ0) is 16.7. The van der Waals surface area contributed by atoms with Crippen molar-refractivity contribution in [3.8, 4) is 10.4 Å². The molecular weight excluding hydrogens is 328 g/mol. The number of nitrogens with one attached hydrogen (secondary N) is 2. The minimum Gasteiger partial charge on any atom is -0.462 e. The SMILES string of the molecule is CCCNC(=S)Nc1sc(-c2ccccc2)cc1C(=O)OCC. The van der Waals surface area contributed by atoms with Crippen LogP contribution < -0.4 is 10.6 Å². The van der Waals surface area contributed by atoms with Gasteiger partial charge in [0.1, 0.15) is 5.00 Å². The maximum Gasteiger partial charge on any atom is 0.341 e. The van der Waals surface area contributed by atoms with Crippen LogP contribution in [0.3, 0.4) is 0 Å². The standard InChI is InChI=1S/C17H20N2O2S2/c1-3-10-18-17(22)19-15-13(16(20)21-4-2)11-14(23-15)12-8-6-5-7-9-12/h5-9,11H,3-4,10H2,1-2H3,(H2,18,19,22). The molecule has 0 atom stereocenters. The number of rotatable bonds is 6. The van der Waals surface area contributed by atoms with Crippen LogP contribution in [0.25, 0.3) is 10.4 Å². The summed E-state index contributed by atoms with van der Waals surface area (Å²) in [5, 5.41) is 7.43. The predicted octanol–water partition coefficient (Wildman–Crippen LogP) is 4.29. The van der Waals surface area contributed by atoms with E-state index in [9.17, 15) is 4.79 Å². The van der Waals surface area contributed by atoms with Crippen LogP contribution in [0.5, 0.6) is 0 Å². The normalized spacial score (nSPS) is 10.2. The number of benzene rings is 1. The molecule has 0 bridgehead atoms. The summed E-state index contributed by atoms with van der Waals surface area (Å²) in [6.07, 6.45) is 0.978. The fourth-order valence-electron chi connectivity index (χ4n) is 1.97. The molecule has 1 aromatic heterocycles. The number of anilines is 1. The second-order valence-electron chi connectivity index (χ2n) is 4.82. The van der Waals surface area contributed by atoms with Crippen LogP contribution in [0.2, 0.25) is 0 Å². The summed E-state index contributed by atoms with van der Waals surface area (Å²) in [5.41, 5.74) is 1.57. The Kier molecular flexibility index (Phi) is 6.55.